The molecule has 7 heteroatoms. The minimum Gasteiger partial charge on any atom is -0.351 e. The van der Waals surface area contributed by atoms with E-state index in [0.717, 1.165) is 17.3 Å². The number of sulfone groups is 1. The summed E-state index contributed by atoms with van der Waals surface area (Å²) in [4.78, 5) is 11.9. The highest BCUT2D eigenvalue weighted by Crippen LogP contribution is 2.32. The van der Waals surface area contributed by atoms with E-state index in [1.807, 2.05) is 0 Å². The van der Waals surface area contributed by atoms with Gasteiger partial charge in [-0.15, -0.1) is 0 Å². The zero-order valence-electron chi connectivity index (χ0n) is 11.6. The number of halogens is 1. The summed E-state index contributed by atoms with van der Waals surface area (Å²) < 4.78 is 25.0. The molecule has 116 valence electrons. The lowest BCUT2D eigenvalue weighted by Gasteiger charge is -2.16. The summed E-state index contributed by atoms with van der Waals surface area (Å²) >= 11 is 3.29. The molecule has 1 saturated carbocycles. The van der Waals surface area contributed by atoms with Crippen LogP contribution >= 0.6 is 15.9 Å². The maximum atomic E-state index is 12.0. The highest BCUT2D eigenvalue weighted by Gasteiger charge is 2.32. The summed E-state index contributed by atoms with van der Waals surface area (Å²) in [6.07, 6.45) is 2.10. The highest BCUT2D eigenvalue weighted by molar-refractivity contribution is 9.10. The molecular formula is C14H19BrN2O3S. The Labute approximate surface area is 133 Å². The Balaban J connectivity index is 1.90. The van der Waals surface area contributed by atoms with Crippen LogP contribution in [0.1, 0.15) is 18.4 Å². The fourth-order valence-electron chi connectivity index (χ4n) is 2.20. The molecule has 0 radical (unpaired) electrons. The zero-order chi connectivity index (χ0) is 15.5. The van der Waals surface area contributed by atoms with E-state index < -0.39 is 21.5 Å². The van der Waals surface area contributed by atoms with Gasteiger partial charge in [-0.3, -0.25) is 4.79 Å². The van der Waals surface area contributed by atoms with Crippen LogP contribution in [-0.2, 0) is 20.4 Å². The third-order valence-electron chi connectivity index (χ3n) is 3.44. The van der Waals surface area contributed by atoms with Gasteiger partial charge in [-0.05, 0) is 36.5 Å². The number of amides is 1. The van der Waals surface area contributed by atoms with Gasteiger partial charge in [-0.2, -0.15) is 0 Å². The second kappa shape index (κ2) is 6.89. The van der Waals surface area contributed by atoms with Crippen molar-refractivity contribution in [3.05, 3.63) is 34.3 Å². The summed E-state index contributed by atoms with van der Waals surface area (Å²) in [6, 6.07) is 6.92. The van der Waals surface area contributed by atoms with Gasteiger partial charge in [0, 0.05) is 17.1 Å². The number of nitrogens with one attached hydrogen (secondary N) is 1. The molecule has 0 aromatic heterocycles. The highest BCUT2D eigenvalue weighted by atomic mass is 79.9. The van der Waals surface area contributed by atoms with Crippen LogP contribution < -0.4 is 11.1 Å². The largest absolute Gasteiger partial charge is 0.351 e. The average Bonchev–Trinajstić information content (AvgIpc) is 3.22. The molecule has 1 aliphatic carbocycles. The van der Waals surface area contributed by atoms with Crippen molar-refractivity contribution in [2.24, 2.45) is 11.7 Å². The lowest BCUT2D eigenvalue weighted by atomic mass is 10.2. The molecule has 3 N–H and O–H groups in total. The molecule has 1 fully saturated rings. The molecule has 5 nitrogen and oxygen atoms in total. The van der Waals surface area contributed by atoms with Crippen LogP contribution in [0.5, 0.6) is 0 Å². The maximum absolute atomic E-state index is 12.0. The van der Waals surface area contributed by atoms with E-state index in [9.17, 15) is 13.2 Å². The molecular weight excluding hydrogens is 356 g/mol. The first-order valence-corrected chi connectivity index (χ1v) is 9.45. The average molecular weight is 375 g/mol. The summed E-state index contributed by atoms with van der Waals surface area (Å²) in [6.45, 7) is 0.350. The lowest BCUT2D eigenvalue weighted by molar-refractivity contribution is -0.119. The smallest absolute Gasteiger partial charge is 0.235 e. The maximum Gasteiger partial charge on any atom is 0.235 e. The summed E-state index contributed by atoms with van der Waals surface area (Å²) in [5.41, 5.74) is 6.26. The van der Waals surface area contributed by atoms with Crippen LogP contribution in [0.4, 0.5) is 0 Å². The molecule has 0 bridgehead atoms. The van der Waals surface area contributed by atoms with Gasteiger partial charge in [-0.1, -0.05) is 28.1 Å². The first-order chi connectivity index (χ1) is 9.89. The quantitative estimate of drug-likeness (QED) is 0.750. The molecule has 0 heterocycles. The molecule has 0 aliphatic heterocycles. The van der Waals surface area contributed by atoms with Crippen LogP contribution in [-0.4, -0.2) is 32.7 Å². The fourth-order valence-corrected chi connectivity index (χ4v) is 3.75. The van der Waals surface area contributed by atoms with Crippen LogP contribution in [0.15, 0.2) is 28.7 Å². The first kappa shape index (κ1) is 16.5. The van der Waals surface area contributed by atoms with Gasteiger partial charge in [0.2, 0.25) is 5.91 Å². The van der Waals surface area contributed by atoms with Crippen molar-refractivity contribution < 1.29 is 13.2 Å². The Bertz CT molecular complexity index is 597. The molecule has 1 unspecified atom stereocenters. The Hall–Kier alpha value is -0.920. The van der Waals surface area contributed by atoms with Crippen LogP contribution in [0, 0.1) is 5.92 Å². The Morgan fingerprint density at radius 3 is 2.48 bits per heavy atom. The second-order valence-corrected chi connectivity index (χ2v) is 8.39. The van der Waals surface area contributed by atoms with Crippen molar-refractivity contribution in [1.82, 2.24) is 5.32 Å². The molecule has 1 atom stereocenters. The van der Waals surface area contributed by atoms with Gasteiger partial charge in [0.25, 0.3) is 0 Å². The van der Waals surface area contributed by atoms with Crippen molar-refractivity contribution in [2.45, 2.75) is 24.6 Å². The molecule has 1 aromatic rings. The van der Waals surface area contributed by atoms with Crippen molar-refractivity contribution in [2.75, 3.05) is 12.3 Å². The predicted octanol–water partition coefficient (Wildman–Crippen LogP) is 1.22. The number of benzene rings is 1. The van der Waals surface area contributed by atoms with Crippen molar-refractivity contribution in [3.8, 4) is 0 Å². The number of hydrogen-bond donors (Lipinski definition) is 2. The van der Waals surface area contributed by atoms with Gasteiger partial charge in [-0.25, -0.2) is 8.42 Å². The number of carbonyl (C=O) groups is 1. The molecule has 0 saturated heterocycles. The molecule has 1 aliphatic rings. The van der Waals surface area contributed by atoms with E-state index >= 15 is 0 Å². The third-order valence-corrected chi connectivity index (χ3v) is 5.45. The Morgan fingerprint density at radius 2 is 1.95 bits per heavy atom. The topological polar surface area (TPSA) is 89.3 Å². The van der Waals surface area contributed by atoms with Crippen molar-refractivity contribution in [1.29, 1.82) is 0 Å². The molecule has 1 amide bonds. The lowest BCUT2D eigenvalue weighted by Crippen LogP contribution is -2.44. The summed E-state index contributed by atoms with van der Waals surface area (Å²) in [5, 5.41) is 2.73. The summed E-state index contributed by atoms with van der Waals surface area (Å²) in [7, 11) is -3.47. The van der Waals surface area contributed by atoms with E-state index in [1.165, 1.54) is 0 Å². The normalized spacial score (nSPS) is 16.5. The SMILES string of the molecule is NCC(NC(=O)CS(=O)(=O)Cc1ccc(Br)cc1)C1CC1. The van der Waals surface area contributed by atoms with E-state index in [-0.39, 0.29) is 11.8 Å². The van der Waals surface area contributed by atoms with Gasteiger partial charge in [0.05, 0.1) is 5.75 Å². The molecule has 1 aromatic carbocycles. The van der Waals surface area contributed by atoms with Crippen molar-refractivity contribution >= 4 is 31.7 Å². The van der Waals surface area contributed by atoms with E-state index in [0.29, 0.717) is 18.0 Å². The Morgan fingerprint density at radius 1 is 1.33 bits per heavy atom. The number of carbonyl (C=O) groups excluding carboxylic acids is 1. The number of nitrogens with two attached hydrogens (primary N) is 1. The van der Waals surface area contributed by atoms with Gasteiger partial charge in [0.1, 0.15) is 5.75 Å². The first-order valence-electron chi connectivity index (χ1n) is 6.84. The van der Waals surface area contributed by atoms with Crippen molar-refractivity contribution in [3.63, 3.8) is 0 Å². The monoisotopic (exact) mass is 374 g/mol. The molecule has 21 heavy (non-hydrogen) atoms. The Kier molecular flexibility index (Phi) is 5.40. The number of rotatable bonds is 7. The van der Waals surface area contributed by atoms with Gasteiger partial charge < -0.3 is 11.1 Å². The van der Waals surface area contributed by atoms with E-state index in [1.54, 1.807) is 24.3 Å². The van der Waals surface area contributed by atoms with Crippen LogP contribution in [0.25, 0.3) is 0 Å². The van der Waals surface area contributed by atoms with Crippen LogP contribution in [0.3, 0.4) is 0 Å². The van der Waals surface area contributed by atoms with E-state index in [4.69, 9.17) is 5.73 Å². The van der Waals surface area contributed by atoms with Gasteiger partial charge in [0.15, 0.2) is 9.84 Å². The number of hydrogen-bond acceptors (Lipinski definition) is 4. The zero-order valence-corrected chi connectivity index (χ0v) is 14.0. The van der Waals surface area contributed by atoms with Crippen LogP contribution in [0.2, 0.25) is 0 Å². The minimum atomic E-state index is -3.47. The predicted molar refractivity (Wildman–Crippen MR) is 85.3 cm³/mol. The molecule has 0 spiro atoms. The van der Waals surface area contributed by atoms with Gasteiger partial charge >= 0.3 is 0 Å². The molecule has 2 rings (SSSR count). The third kappa shape index (κ3) is 5.41. The minimum absolute atomic E-state index is 0.0969. The van der Waals surface area contributed by atoms with E-state index in [2.05, 4.69) is 21.2 Å². The summed E-state index contributed by atoms with van der Waals surface area (Å²) in [5.74, 6) is -0.681. The fraction of sp³-hybridized carbons (Fsp3) is 0.500. The second-order valence-electron chi connectivity index (χ2n) is 5.41. The standard InChI is InChI=1S/C14H19BrN2O3S/c15-12-5-1-10(2-6-12)8-21(19,20)9-14(18)17-13(7-16)11-3-4-11/h1-2,5-6,11,13H,3-4,7-9,16H2,(H,17,18).